The van der Waals surface area contributed by atoms with E-state index in [1.165, 1.54) is 13.3 Å². The number of hydrogen-bond donors (Lipinski definition) is 1. The van der Waals surface area contributed by atoms with Gasteiger partial charge in [-0.15, -0.1) is 22.7 Å². The molecule has 2 rings (SSSR count). The summed E-state index contributed by atoms with van der Waals surface area (Å²) in [5.74, 6) is -0.669. The maximum atomic E-state index is 12.3. The van der Waals surface area contributed by atoms with Crippen molar-refractivity contribution in [3.63, 3.8) is 0 Å². The predicted molar refractivity (Wildman–Crippen MR) is 73.3 cm³/mol. The number of carbonyl (C=O) groups excluding carboxylic acids is 1. The van der Waals surface area contributed by atoms with Crippen molar-refractivity contribution in [3.05, 3.63) is 27.4 Å². The molecular weight excluding hydrogens is 308 g/mol. The molecule has 0 atom stereocenters. The largest absolute Gasteiger partial charge is 0.465 e. The van der Waals surface area contributed by atoms with E-state index in [1.807, 2.05) is 0 Å². The molecule has 102 valence electrons. The molecule has 9 heteroatoms. The molecule has 0 radical (unpaired) electrons. The van der Waals surface area contributed by atoms with Crippen LogP contribution in [0.3, 0.4) is 0 Å². The Morgan fingerprint density at radius 2 is 2.16 bits per heavy atom. The summed E-state index contributed by atoms with van der Waals surface area (Å²) in [6.45, 7) is 1.62. The van der Waals surface area contributed by atoms with E-state index in [9.17, 15) is 13.2 Å². The van der Waals surface area contributed by atoms with Crippen LogP contribution < -0.4 is 4.72 Å². The highest BCUT2D eigenvalue weighted by Crippen LogP contribution is 2.29. The number of hydrogen-bond acceptors (Lipinski definition) is 7. The molecule has 19 heavy (non-hydrogen) atoms. The van der Waals surface area contributed by atoms with Gasteiger partial charge >= 0.3 is 5.97 Å². The van der Waals surface area contributed by atoms with Crippen LogP contribution >= 0.6 is 22.7 Å². The number of thiophene rings is 1. The summed E-state index contributed by atoms with van der Waals surface area (Å²) in [5.41, 5.74) is 0.495. The molecule has 0 aliphatic carbocycles. The lowest BCUT2D eigenvalue weighted by Gasteiger charge is -2.06. The second-order valence-corrected chi connectivity index (χ2v) is 6.90. The minimum atomic E-state index is -3.85. The Hall–Kier alpha value is -1.45. The molecular formula is C10H10N2O4S3. The topological polar surface area (TPSA) is 85.4 Å². The Kier molecular flexibility index (Phi) is 3.88. The van der Waals surface area contributed by atoms with Crippen LogP contribution in [0.25, 0.3) is 0 Å². The molecule has 0 aromatic carbocycles. The molecule has 2 aromatic heterocycles. The van der Waals surface area contributed by atoms with Crippen molar-refractivity contribution in [2.45, 2.75) is 11.8 Å². The van der Waals surface area contributed by atoms with E-state index in [0.29, 0.717) is 5.56 Å². The number of rotatable bonds is 4. The lowest BCUT2D eigenvalue weighted by molar-refractivity contribution is 0.0602. The first-order chi connectivity index (χ1) is 8.95. The standard InChI is InChI=1S/C10H10N2O4S3/c1-6-5-18-7(9(13)16-2)8(6)19(14,15)12-10-11-3-4-17-10/h3-5H,1-2H3,(H,11,12). The zero-order valence-corrected chi connectivity index (χ0v) is 12.5. The first-order valence-corrected chi connectivity index (χ1v) is 8.28. The summed E-state index contributed by atoms with van der Waals surface area (Å²) in [4.78, 5) is 15.4. The normalized spacial score (nSPS) is 11.3. The number of thiazole rings is 1. The van der Waals surface area contributed by atoms with Gasteiger partial charge in [-0.25, -0.2) is 18.2 Å². The maximum absolute atomic E-state index is 12.3. The molecule has 0 saturated heterocycles. The van der Waals surface area contributed by atoms with Crippen LogP contribution in [-0.2, 0) is 14.8 Å². The quantitative estimate of drug-likeness (QED) is 0.873. The molecule has 0 aliphatic rings. The third-order valence-corrected chi connectivity index (χ3v) is 5.76. The molecule has 0 saturated carbocycles. The van der Waals surface area contributed by atoms with Crippen molar-refractivity contribution < 1.29 is 17.9 Å². The smallest absolute Gasteiger partial charge is 0.349 e. The molecule has 2 aromatic rings. The van der Waals surface area contributed by atoms with Crippen LogP contribution in [-0.4, -0.2) is 26.5 Å². The highest BCUT2D eigenvalue weighted by atomic mass is 32.2. The fourth-order valence-corrected chi connectivity index (χ4v) is 4.94. The highest BCUT2D eigenvalue weighted by Gasteiger charge is 2.28. The minimum absolute atomic E-state index is 0.0560. The van der Waals surface area contributed by atoms with E-state index in [4.69, 9.17) is 0 Å². The highest BCUT2D eigenvalue weighted by molar-refractivity contribution is 7.93. The van der Waals surface area contributed by atoms with Crippen LogP contribution in [0, 0.1) is 6.92 Å². The zero-order valence-electron chi connectivity index (χ0n) is 10.0. The van der Waals surface area contributed by atoms with Gasteiger partial charge < -0.3 is 4.74 Å². The Bertz CT molecular complexity index is 688. The Morgan fingerprint density at radius 1 is 1.42 bits per heavy atom. The number of aryl methyl sites for hydroxylation is 1. The van der Waals surface area contributed by atoms with Gasteiger partial charge in [0, 0.05) is 11.6 Å². The number of esters is 1. The monoisotopic (exact) mass is 318 g/mol. The van der Waals surface area contributed by atoms with E-state index in [-0.39, 0.29) is 14.9 Å². The Labute approximate surface area is 118 Å². The lowest BCUT2D eigenvalue weighted by Crippen LogP contribution is -2.16. The van der Waals surface area contributed by atoms with Crippen molar-refractivity contribution >= 4 is 43.8 Å². The summed E-state index contributed by atoms with van der Waals surface area (Å²) in [6, 6.07) is 0. The molecule has 6 nitrogen and oxygen atoms in total. The molecule has 0 aliphatic heterocycles. The SMILES string of the molecule is COC(=O)c1scc(C)c1S(=O)(=O)Nc1nccs1. The van der Waals surface area contributed by atoms with Gasteiger partial charge in [-0.3, -0.25) is 4.72 Å². The summed E-state index contributed by atoms with van der Waals surface area (Å²) in [6.07, 6.45) is 1.49. The van der Waals surface area contributed by atoms with E-state index < -0.39 is 16.0 Å². The minimum Gasteiger partial charge on any atom is -0.465 e. The van der Waals surface area contributed by atoms with Gasteiger partial charge in [-0.05, 0) is 17.9 Å². The third-order valence-electron chi connectivity index (χ3n) is 2.21. The number of sulfonamides is 1. The number of anilines is 1. The van der Waals surface area contributed by atoms with Gasteiger partial charge in [0.15, 0.2) is 5.13 Å². The average molecular weight is 318 g/mol. The number of ether oxygens (including phenoxy) is 1. The fourth-order valence-electron chi connectivity index (χ4n) is 1.44. The van der Waals surface area contributed by atoms with Crippen LogP contribution in [0.4, 0.5) is 5.13 Å². The van der Waals surface area contributed by atoms with Crippen molar-refractivity contribution in [3.8, 4) is 0 Å². The van der Waals surface area contributed by atoms with Gasteiger partial charge in [0.2, 0.25) is 0 Å². The number of aromatic nitrogens is 1. The van der Waals surface area contributed by atoms with E-state index in [1.54, 1.807) is 17.7 Å². The van der Waals surface area contributed by atoms with Crippen molar-refractivity contribution in [2.24, 2.45) is 0 Å². The molecule has 0 spiro atoms. The first kappa shape index (κ1) is 14.0. The molecule has 2 heterocycles. The second-order valence-electron chi connectivity index (χ2n) is 3.51. The van der Waals surface area contributed by atoms with Gasteiger partial charge in [-0.2, -0.15) is 0 Å². The van der Waals surface area contributed by atoms with Crippen LogP contribution in [0.15, 0.2) is 21.9 Å². The van der Waals surface area contributed by atoms with Crippen molar-refractivity contribution in [1.82, 2.24) is 4.98 Å². The molecule has 1 N–H and O–H groups in total. The average Bonchev–Trinajstić information content (AvgIpc) is 2.97. The fraction of sp³-hybridized carbons (Fsp3) is 0.200. The Morgan fingerprint density at radius 3 is 2.74 bits per heavy atom. The van der Waals surface area contributed by atoms with E-state index >= 15 is 0 Å². The number of nitrogens with zero attached hydrogens (tertiary/aromatic N) is 1. The van der Waals surface area contributed by atoms with Crippen LogP contribution in [0.5, 0.6) is 0 Å². The Balaban J connectivity index is 2.46. The summed E-state index contributed by atoms with van der Waals surface area (Å²) in [5, 5.41) is 3.50. The van der Waals surface area contributed by atoms with Crippen LogP contribution in [0.2, 0.25) is 0 Å². The number of methoxy groups -OCH3 is 1. The first-order valence-electron chi connectivity index (χ1n) is 5.04. The number of nitrogens with one attached hydrogen (secondary N) is 1. The summed E-state index contributed by atoms with van der Waals surface area (Å²) in [7, 11) is -2.64. The molecule has 0 fully saturated rings. The lowest BCUT2D eigenvalue weighted by atomic mass is 10.3. The van der Waals surface area contributed by atoms with E-state index in [0.717, 1.165) is 22.7 Å². The molecule has 0 amide bonds. The number of carbonyl (C=O) groups is 1. The predicted octanol–water partition coefficient (Wildman–Crippen LogP) is 2.10. The maximum Gasteiger partial charge on any atom is 0.349 e. The zero-order chi connectivity index (χ0) is 14.0. The van der Waals surface area contributed by atoms with Gasteiger partial charge in [0.25, 0.3) is 10.0 Å². The van der Waals surface area contributed by atoms with Crippen molar-refractivity contribution in [2.75, 3.05) is 11.8 Å². The van der Waals surface area contributed by atoms with Gasteiger partial charge in [0.05, 0.1) is 7.11 Å². The van der Waals surface area contributed by atoms with Crippen molar-refractivity contribution in [1.29, 1.82) is 0 Å². The van der Waals surface area contributed by atoms with E-state index in [2.05, 4.69) is 14.4 Å². The van der Waals surface area contributed by atoms with Gasteiger partial charge in [-0.1, -0.05) is 0 Å². The summed E-state index contributed by atoms with van der Waals surface area (Å²) >= 11 is 2.20. The van der Waals surface area contributed by atoms with Crippen LogP contribution in [0.1, 0.15) is 15.2 Å². The molecule has 0 bridgehead atoms. The van der Waals surface area contributed by atoms with Gasteiger partial charge in [0.1, 0.15) is 9.77 Å². The second kappa shape index (κ2) is 5.27. The third kappa shape index (κ3) is 2.77. The summed E-state index contributed by atoms with van der Waals surface area (Å²) < 4.78 is 31.5. The molecule has 0 unspecified atom stereocenters.